The van der Waals surface area contributed by atoms with Crippen LogP contribution in [0.15, 0.2) is 227 Å². The number of nitrogens with zero attached hydrogens (tertiary/aromatic N) is 2. The van der Waals surface area contributed by atoms with E-state index in [-0.39, 0.29) is 0 Å². The van der Waals surface area contributed by atoms with Crippen LogP contribution in [-0.4, -0.2) is 0 Å². The topological polar surface area (TPSA) is 32.8 Å². The zero-order valence-corrected chi connectivity index (χ0v) is 31.5. The Morgan fingerprint density at radius 1 is 0.224 bits per heavy atom. The summed E-state index contributed by atoms with van der Waals surface area (Å²) in [6.07, 6.45) is 0. The lowest BCUT2D eigenvalue weighted by Crippen LogP contribution is -2.09. The number of anilines is 6. The van der Waals surface area contributed by atoms with E-state index in [1.807, 2.05) is 24.3 Å². The van der Waals surface area contributed by atoms with Gasteiger partial charge in [-0.25, -0.2) is 0 Å². The number of rotatable bonds is 8. The van der Waals surface area contributed by atoms with Crippen LogP contribution in [0.1, 0.15) is 0 Å². The molecule has 274 valence electrons. The van der Waals surface area contributed by atoms with E-state index in [1.54, 1.807) is 0 Å². The van der Waals surface area contributed by atoms with Crippen molar-refractivity contribution in [2.75, 3.05) is 9.80 Å². The summed E-state index contributed by atoms with van der Waals surface area (Å²) in [5.74, 6) is 0. The highest BCUT2D eigenvalue weighted by Crippen LogP contribution is 2.42. The van der Waals surface area contributed by atoms with Gasteiger partial charge in [0.25, 0.3) is 0 Å². The van der Waals surface area contributed by atoms with Gasteiger partial charge in [0.15, 0.2) is 0 Å². The van der Waals surface area contributed by atoms with E-state index >= 15 is 0 Å². The van der Waals surface area contributed by atoms with Crippen molar-refractivity contribution in [3.63, 3.8) is 0 Å². The first-order chi connectivity index (χ1) is 28.7. The standard InChI is InChI=1S/C54H36N2O2/c1-3-16-41(17-4-1)55(45-29-31-49-47-21-7-9-23-51(47)57-53(49)35-45)43-27-25-37(26-28-43)38-13-11-14-39(33-38)40-15-12-20-44(34-40)56(42-18-5-2-6-19-42)46-30-32-50-48-22-8-10-24-52(48)58-54(50)36-46/h1-36H. The molecular weight excluding hydrogens is 709 g/mol. The molecule has 11 aromatic rings. The molecule has 9 aromatic carbocycles. The minimum atomic E-state index is 0.869. The Bertz CT molecular complexity index is 3240. The molecular formula is C54H36N2O2. The van der Waals surface area contributed by atoms with E-state index in [2.05, 4.69) is 204 Å². The lowest BCUT2D eigenvalue weighted by Gasteiger charge is -2.26. The third kappa shape index (κ3) is 5.96. The predicted molar refractivity (Wildman–Crippen MR) is 241 cm³/mol. The molecule has 0 spiro atoms. The lowest BCUT2D eigenvalue weighted by atomic mass is 9.98. The van der Waals surface area contributed by atoms with Gasteiger partial charge in [0, 0.05) is 67.8 Å². The Morgan fingerprint density at radius 3 is 1.17 bits per heavy atom. The molecule has 0 aliphatic heterocycles. The van der Waals surface area contributed by atoms with Crippen molar-refractivity contribution in [2.24, 2.45) is 0 Å². The van der Waals surface area contributed by atoms with Crippen LogP contribution >= 0.6 is 0 Å². The molecule has 2 heterocycles. The van der Waals surface area contributed by atoms with Crippen LogP contribution in [0.5, 0.6) is 0 Å². The first kappa shape index (κ1) is 33.5. The van der Waals surface area contributed by atoms with Gasteiger partial charge in [-0.2, -0.15) is 0 Å². The second-order valence-corrected chi connectivity index (χ2v) is 14.6. The fraction of sp³-hybridized carbons (Fsp3) is 0. The van der Waals surface area contributed by atoms with E-state index < -0.39 is 0 Å². The maximum Gasteiger partial charge on any atom is 0.137 e. The van der Waals surface area contributed by atoms with Crippen LogP contribution in [0.2, 0.25) is 0 Å². The third-order valence-electron chi connectivity index (χ3n) is 11.0. The normalized spacial score (nSPS) is 11.4. The van der Waals surface area contributed by atoms with Crippen LogP contribution in [0.25, 0.3) is 66.1 Å². The molecule has 0 saturated heterocycles. The van der Waals surface area contributed by atoms with Gasteiger partial charge in [0.05, 0.1) is 0 Å². The molecule has 58 heavy (non-hydrogen) atoms. The molecule has 0 bridgehead atoms. The molecule has 0 aliphatic carbocycles. The quantitative estimate of drug-likeness (QED) is 0.155. The Kier molecular flexibility index (Phi) is 8.11. The number of furan rings is 2. The Labute approximate surface area is 336 Å². The number of para-hydroxylation sites is 4. The van der Waals surface area contributed by atoms with Crippen molar-refractivity contribution < 1.29 is 8.83 Å². The summed E-state index contributed by atoms with van der Waals surface area (Å²) in [7, 11) is 0. The highest BCUT2D eigenvalue weighted by molar-refractivity contribution is 6.07. The van der Waals surface area contributed by atoms with Crippen molar-refractivity contribution in [3.8, 4) is 22.3 Å². The Morgan fingerprint density at radius 2 is 0.603 bits per heavy atom. The second-order valence-electron chi connectivity index (χ2n) is 14.6. The number of hydrogen-bond acceptors (Lipinski definition) is 4. The van der Waals surface area contributed by atoms with Gasteiger partial charge in [-0.1, -0.05) is 115 Å². The maximum atomic E-state index is 6.32. The van der Waals surface area contributed by atoms with Crippen molar-refractivity contribution >= 4 is 78.0 Å². The van der Waals surface area contributed by atoms with E-state index in [4.69, 9.17) is 8.83 Å². The number of hydrogen-bond donors (Lipinski definition) is 0. The predicted octanol–water partition coefficient (Wildman–Crippen LogP) is 15.8. The molecule has 2 aromatic heterocycles. The highest BCUT2D eigenvalue weighted by atomic mass is 16.3. The minimum Gasteiger partial charge on any atom is -0.456 e. The van der Waals surface area contributed by atoms with Crippen LogP contribution < -0.4 is 9.80 Å². The minimum absolute atomic E-state index is 0.869. The molecule has 0 amide bonds. The SMILES string of the molecule is c1ccc(N(c2ccc(-c3cccc(-c4cccc(N(c5ccccc5)c5ccc6c(c5)oc5ccccc56)c4)c3)cc2)c2ccc3c(c2)oc2ccccc23)cc1. The molecule has 11 rings (SSSR count). The largest absolute Gasteiger partial charge is 0.456 e. The maximum absolute atomic E-state index is 6.32. The average molecular weight is 745 g/mol. The van der Waals surface area contributed by atoms with Gasteiger partial charge in [0.2, 0.25) is 0 Å². The summed E-state index contributed by atoms with van der Waals surface area (Å²) >= 11 is 0. The van der Waals surface area contributed by atoms with Gasteiger partial charge in [-0.3, -0.25) is 0 Å². The molecule has 0 saturated carbocycles. The molecule has 0 aliphatic rings. The average Bonchev–Trinajstić information content (AvgIpc) is 3.85. The van der Waals surface area contributed by atoms with Crippen LogP contribution in [0.3, 0.4) is 0 Å². The van der Waals surface area contributed by atoms with Gasteiger partial charge < -0.3 is 18.6 Å². The van der Waals surface area contributed by atoms with Crippen molar-refractivity contribution in [2.45, 2.75) is 0 Å². The van der Waals surface area contributed by atoms with Gasteiger partial charge in [0.1, 0.15) is 22.3 Å². The van der Waals surface area contributed by atoms with Gasteiger partial charge >= 0.3 is 0 Å². The monoisotopic (exact) mass is 744 g/mol. The molecule has 0 radical (unpaired) electrons. The molecule has 0 atom stereocenters. The van der Waals surface area contributed by atoms with E-state index in [0.717, 1.165) is 100 Å². The molecule has 4 heteroatoms. The zero-order chi connectivity index (χ0) is 38.4. The molecule has 0 unspecified atom stereocenters. The fourth-order valence-corrected chi connectivity index (χ4v) is 8.26. The lowest BCUT2D eigenvalue weighted by molar-refractivity contribution is 0.668. The second kappa shape index (κ2) is 14.0. The first-order valence-corrected chi connectivity index (χ1v) is 19.6. The van der Waals surface area contributed by atoms with E-state index in [1.165, 1.54) is 0 Å². The van der Waals surface area contributed by atoms with Crippen molar-refractivity contribution in [1.29, 1.82) is 0 Å². The summed E-state index contributed by atoms with van der Waals surface area (Å²) in [4.78, 5) is 4.58. The molecule has 0 fully saturated rings. The molecule has 0 N–H and O–H groups in total. The summed E-state index contributed by atoms with van der Waals surface area (Å²) in [6, 6.07) is 76.9. The van der Waals surface area contributed by atoms with E-state index in [0.29, 0.717) is 0 Å². The first-order valence-electron chi connectivity index (χ1n) is 19.6. The van der Waals surface area contributed by atoms with E-state index in [9.17, 15) is 0 Å². The summed E-state index contributed by atoms with van der Waals surface area (Å²) < 4.78 is 12.6. The Hall–Kier alpha value is -7.82. The Balaban J connectivity index is 0.932. The third-order valence-corrected chi connectivity index (χ3v) is 11.0. The smallest absolute Gasteiger partial charge is 0.137 e. The van der Waals surface area contributed by atoms with Crippen LogP contribution in [0, 0.1) is 0 Å². The van der Waals surface area contributed by atoms with Gasteiger partial charge in [-0.05, 0) is 113 Å². The highest BCUT2D eigenvalue weighted by Gasteiger charge is 2.18. The van der Waals surface area contributed by atoms with Crippen molar-refractivity contribution in [1.82, 2.24) is 0 Å². The van der Waals surface area contributed by atoms with Crippen molar-refractivity contribution in [3.05, 3.63) is 218 Å². The zero-order valence-electron chi connectivity index (χ0n) is 31.5. The molecule has 4 nitrogen and oxygen atoms in total. The van der Waals surface area contributed by atoms with Crippen LogP contribution in [-0.2, 0) is 0 Å². The summed E-state index contributed by atoms with van der Waals surface area (Å²) in [5.41, 5.74) is 14.5. The number of benzene rings is 9. The summed E-state index contributed by atoms with van der Waals surface area (Å²) in [6.45, 7) is 0. The van der Waals surface area contributed by atoms with Gasteiger partial charge in [-0.15, -0.1) is 0 Å². The fourth-order valence-electron chi connectivity index (χ4n) is 8.26. The summed E-state index contributed by atoms with van der Waals surface area (Å²) in [5, 5.41) is 4.48. The number of fused-ring (bicyclic) bond motifs is 6. The van der Waals surface area contributed by atoms with Crippen LogP contribution in [0.4, 0.5) is 34.1 Å².